The predicted octanol–water partition coefficient (Wildman–Crippen LogP) is 4.36. The van der Waals surface area contributed by atoms with Crippen molar-refractivity contribution in [1.29, 1.82) is 0 Å². The second-order valence-electron chi connectivity index (χ2n) is 9.70. The van der Waals surface area contributed by atoms with E-state index in [0.717, 1.165) is 29.7 Å². The van der Waals surface area contributed by atoms with Crippen LogP contribution in [0.5, 0.6) is 0 Å². The van der Waals surface area contributed by atoms with Crippen LogP contribution in [0.1, 0.15) is 32.4 Å². The lowest BCUT2D eigenvalue weighted by Crippen LogP contribution is -2.43. The summed E-state index contributed by atoms with van der Waals surface area (Å²) in [5, 5.41) is 4.85. The number of anilines is 1. The van der Waals surface area contributed by atoms with Gasteiger partial charge >= 0.3 is 0 Å². The van der Waals surface area contributed by atoms with Crippen molar-refractivity contribution in [1.82, 2.24) is 24.7 Å². The highest BCUT2D eigenvalue weighted by Crippen LogP contribution is 2.40. The Morgan fingerprint density at radius 3 is 2.78 bits per heavy atom. The maximum atomic E-state index is 14.5. The molecular formula is C25H27FN6. The molecule has 32 heavy (non-hydrogen) atoms. The van der Waals surface area contributed by atoms with Crippen molar-refractivity contribution >= 4 is 22.2 Å². The van der Waals surface area contributed by atoms with Crippen LogP contribution in [-0.2, 0) is 0 Å². The Morgan fingerprint density at radius 1 is 1.12 bits per heavy atom. The Hall–Kier alpha value is -3.06. The molecule has 6 rings (SSSR count). The molecule has 4 aromatic rings. The van der Waals surface area contributed by atoms with Crippen molar-refractivity contribution in [2.24, 2.45) is 5.92 Å². The van der Waals surface area contributed by atoms with Crippen LogP contribution in [0.25, 0.3) is 27.9 Å². The van der Waals surface area contributed by atoms with Crippen LogP contribution in [-0.4, -0.2) is 44.0 Å². The normalized spacial score (nSPS) is 22.6. The third-order valence-electron chi connectivity index (χ3n) is 7.06. The lowest BCUT2D eigenvalue weighted by molar-refractivity contribution is 0.389. The number of rotatable bonds is 2. The number of imidazole rings is 1. The number of nitrogens with one attached hydrogen (secondary N) is 1. The number of hydrogen-bond donors (Lipinski definition) is 1. The number of hydrogen-bond acceptors (Lipinski definition) is 5. The first kappa shape index (κ1) is 19.6. The minimum atomic E-state index is -0.373. The van der Waals surface area contributed by atoms with E-state index in [1.165, 1.54) is 24.6 Å². The van der Waals surface area contributed by atoms with E-state index < -0.39 is 0 Å². The Labute approximate surface area is 186 Å². The molecule has 1 saturated carbocycles. The van der Waals surface area contributed by atoms with Gasteiger partial charge < -0.3 is 14.6 Å². The molecule has 1 spiro atoms. The zero-order chi connectivity index (χ0) is 22.0. The van der Waals surface area contributed by atoms with Gasteiger partial charge in [-0.3, -0.25) is 0 Å². The van der Waals surface area contributed by atoms with E-state index in [1.807, 2.05) is 19.3 Å². The van der Waals surface area contributed by atoms with Crippen molar-refractivity contribution in [2.45, 2.75) is 45.2 Å². The highest BCUT2D eigenvalue weighted by atomic mass is 19.1. The molecule has 1 unspecified atom stereocenters. The Kier molecular flexibility index (Phi) is 4.27. The lowest BCUT2D eigenvalue weighted by atomic mass is 10.0. The van der Waals surface area contributed by atoms with Gasteiger partial charge in [0.25, 0.3) is 0 Å². The summed E-state index contributed by atoms with van der Waals surface area (Å²) in [4.78, 5) is 16.0. The van der Waals surface area contributed by atoms with Crippen LogP contribution in [0.3, 0.4) is 0 Å². The number of nitrogens with zero attached hydrogens (tertiary/aromatic N) is 5. The smallest absolute Gasteiger partial charge is 0.173 e. The van der Waals surface area contributed by atoms with Crippen molar-refractivity contribution in [2.75, 3.05) is 18.0 Å². The molecule has 2 atom stereocenters. The summed E-state index contributed by atoms with van der Waals surface area (Å²) in [5.41, 5.74) is 4.07. The molecule has 1 aliphatic carbocycles. The number of aryl methyl sites for hydroxylation is 1. The third kappa shape index (κ3) is 3.32. The molecule has 1 aliphatic heterocycles. The number of halogens is 1. The van der Waals surface area contributed by atoms with Gasteiger partial charge in [0.15, 0.2) is 17.3 Å². The van der Waals surface area contributed by atoms with Gasteiger partial charge in [-0.05, 0) is 56.9 Å². The highest BCUT2D eigenvalue weighted by molar-refractivity contribution is 5.83. The molecule has 0 amide bonds. The first-order valence-corrected chi connectivity index (χ1v) is 11.3. The van der Waals surface area contributed by atoms with Gasteiger partial charge in [0.1, 0.15) is 0 Å². The van der Waals surface area contributed by atoms with E-state index in [4.69, 9.17) is 4.98 Å². The van der Waals surface area contributed by atoms with Crippen LogP contribution in [0.2, 0.25) is 0 Å². The molecule has 6 nitrogen and oxygen atoms in total. The van der Waals surface area contributed by atoms with E-state index in [0.29, 0.717) is 29.0 Å². The molecule has 1 saturated heterocycles. The van der Waals surface area contributed by atoms with Gasteiger partial charge in [0, 0.05) is 59.9 Å². The van der Waals surface area contributed by atoms with E-state index in [1.54, 1.807) is 10.6 Å². The van der Waals surface area contributed by atoms with E-state index >= 15 is 0 Å². The largest absolute Gasteiger partial charge is 0.369 e. The molecular weight excluding hydrogens is 403 g/mol. The third-order valence-corrected chi connectivity index (χ3v) is 7.06. The number of benzene rings is 1. The van der Waals surface area contributed by atoms with Crippen molar-refractivity contribution in [3.63, 3.8) is 0 Å². The van der Waals surface area contributed by atoms with Crippen molar-refractivity contribution < 1.29 is 4.39 Å². The first-order valence-electron chi connectivity index (χ1n) is 11.3. The fourth-order valence-electron chi connectivity index (χ4n) is 4.91. The topological polar surface area (TPSA) is 58.4 Å². The maximum Gasteiger partial charge on any atom is 0.173 e. The monoisotopic (exact) mass is 430 g/mol. The quantitative estimate of drug-likeness (QED) is 0.512. The number of pyridine rings is 1. The average Bonchev–Trinajstić information content (AvgIpc) is 3.44. The van der Waals surface area contributed by atoms with E-state index in [2.05, 4.69) is 52.2 Å². The molecule has 2 aliphatic rings. The van der Waals surface area contributed by atoms with Gasteiger partial charge in [0.2, 0.25) is 0 Å². The molecule has 7 heteroatoms. The summed E-state index contributed by atoms with van der Waals surface area (Å²) in [7, 11) is 0. The van der Waals surface area contributed by atoms with Crippen LogP contribution >= 0.6 is 0 Å². The van der Waals surface area contributed by atoms with E-state index in [9.17, 15) is 4.39 Å². The maximum absolute atomic E-state index is 14.5. The Balaban J connectivity index is 1.35. The fraction of sp³-hybridized carbons (Fsp3) is 0.400. The van der Waals surface area contributed by atoms with Gasteiger partial charge in [-0.25, -0.2) is 19.3 Å². The molecule has 0 bridgehead atoms. The molecule has 0 radical (unpaired) electrons. The summed E-state index contributed by atoms with van der Waals surface area (Å²) in [5.74, 6) is 0.707. The van der Waals surface area contributed by atoms with Gasteiger partial charge in [-0.1, -0.05) is 6.92 Å². The summed E-state index contributed by atoms with van der Waals surface area (Å²) >= 11 is 0. The van der Waals surface area contributed by atoms with Crippen molar-refractivity contribution in [3.05, 3.63) is 54.4 Å². The van der Waals surface area contributed by atoms with Crippen LogP contribution in [0.4, 0.5) is 10.1 Å². The van der Waals surface area contributed by atoms with Crippen LogP contribution < -0.4 is 10.2 Å². The molecule has 3 aromatic heterocycles. The summed E-state index contributed by atoms with van der Waals surface area (Å²) < 4.78 is 16.2. The highest BCUT2D eigenvalue weighted by Gasteiger charge is 2.47. The van der Waals surface area contributed by atoms with E-state index in [-0.39, 0.29) is 11.4 Å². The van der Waals surface area contributed by atoms with Crippen molar-refractivity contribution in [3.8, 4) is 11.4 Å². The summed E-state index contributed by atoms with van der Waals surface area (Å²) in [6.07, 6.45) is 7.98. The van der Waals surface area contributed by atoms with Gasteiger partial charge in [-0.2, -0.15) is 0 Å². The Morgan fingerprint density at radius 2 is 1.97 bits per heavy atom. The molecule has 1 aromatic carbocycles. The fourth-order valence-corrected chi connectivity index (χ4v) is 4.91. The lowest BCUT2D eigenvalue weighted by Gasteiger charge is -2.27. The summed E-state index contributed by atoms with van der Waals surface area (Å²) in [6.45, 7) is 8.54. The zero-order valence-electron chi connectivity index (χ0n) is 18.6. The average molecular weight is 431 g/mol. The first-order chi connectivity index (χ1) is 15.4. The standard InChI is InChI=1S/C25H27FN6/c1-15-11-32(14-25(6-7-25)30-17(15)3)20-4-5-22-18(8-20)10-27-23(29-22)19-9-21(26)24-28-16(2)12-31(24)13-19/h4-5,8-10,12-13,15,17,30H,6-7,11,14H2,1-3H3/t15-,17?/m1/s1. The minimum absolute atomic E-state index is 0.272. The minimum Gasteiger partial charge on any atom is -0.369 e. The molecule has 1 N–H and O–H groups in total. The zero-order valence-corrected chi connectivity index (χ0v) is 18.6. The second kappa shape index (κ2) is 6.97. The molecule has 2 fully saturated rings. The Bertz CT molecular complexity index is 1340. The summed E-state index contributed by atoms with van der Waals surface area (Å²) in [6, 6.07) is 8.37. The predicted molar refractivity (Wildman–Crippen MR) is 124 cm³/mol. The molecule has 4 heterocycles. The second-order valence-corrected chi connectivity index (χ2v) is 9.70. The molecule has 164 valence electrons. The van der Waals surface area contributed by atoms with Crippen LogP contribution in [0.15, 0.2) is 42.9 Å². The number of fused-ring (bicyclic) bond motifs is 2. The van der Waals surface area contributed by atoms with Gasteiger partial charge in [-0.15, -0.1) is 0 Å². The van der Waals surface area contributed by atoms with Gasteiger partial charge in [0.05, 0.1) is 11.2 Å². The van der Waals surface area contributed by atoms with Crippen LogP contribution in [0, 0.1) is 18.7 Å². The number of aromatic nitrogens is 4. The SMILES string of the molecule is Cc1cn2cc(-c3ncc4cc(N5C[C@@H](C)C(C)NC6(CC6)C5)ccc4n3)cc(F)c2n1.